The largest absolute Gasteiger partial charge is 0.419 e. The Bertz CT molecular complexity index is 258. The van der Waals surface area contributed by atoms with Crippen molar-refractivity contribution in [2.75, 3.05) is 0 Å². The van der Waals surface area contributed by atoms with Gasteiger partial charge in [-0.25, -0.2) is 4.79 Å². The molecule has 0 saturated heterocycles. The van der Waals surface area contributed by atoms with Crippen molar-refractivity contribution in [2.24, 2.45) is 0 Å². The van der Waals surface area contributed by atoms with Crippen molar-refractivity contribution in [3.05, 3.63) is 24.5 Å². The van der Waals surface area contributed by atoms with Gasteiger partial charge in [-0.15, -0.1) is 0 Å². The Hall–Kier alpha value is -1.71. The standard InChI is InChI=1S/C7H5NO3/c9-5-7(10)11-6-2-1-3-8-4-6/h1-5H. The molecule has 0 unspecified atom stereocenters. The summed E-state index contributed by atoms with van der Waals surface area (Å²) >= 11 is 0. The minimum absolute atomic E-state index is 0.104. The van der Waals surface area contributed by atoms with Crippen LogP contribution in [-0.4, -0.2) is 17.2 Å². The predicted octanol–water partition coefficient (Wildman–Crippen LogP) is 0.186. The molecule has 0 saturated carbocycles. The number of esters is 1. The first-order valence-corrected chi connectivity index (χ1v) is 2.90. The van der Waals surface area contributed by atoms with Crippen molar-refractivity contribution in [2.45, 2.75) is 0 Å². The highest BCUT2D eigenvalue weighted by atomic mass is 16.5. The van der Waals surface area contributed by atoms with Crippen LogP contribution in [0.4, 0.5) is 0 Å². The highest BCUT2D eigenvalue weighted by Gasteiger charge is 1.99. The van der Waals surface area contributed by atoms with E-state index in [1.54, 1.807) is 6.07 Å². The lowest BCUT2D eigenvalue weighted by atomic mass is 10.5. The van der Waals surface area contributed by atoms with Gasteiger partial charge in [0.2, 0.25) is 6.29 Å². The Morgan fingerprint density at radius 1 is 1.64 bits per heavy atom. The normalized spacial score (nSPS) is 8.73. The maximum atomic E-state index is 10.4. The van der Waals surface area contributed by atoms with E-state index in [1.165, 1.54) is 18.5 Å². The average molecular weight is 151 g/mol. The number of nitrogens with zero attached hydrogens (tertiary/aromatic N) is 1. The van der Waals surface area contributed by atoms with Crippen molar-refractivity contribution in [1.29, 1.82) is 0 Å². The average Bonchev–Trinajstić information content (AvgIpc) is 2.06. The number of ether oxygens (including phenoxy) is 1. The summed E-state index contributed by atoms with van der Waals surface area (Å²) in [6.45, 7) is 0. The molecule has 1 heterocycles. The SMILES string of the molecule is O=CC(=O)Oc1cccnc1. The molecule has 4 heteroatoms. The van der Waals surface area contributed by atoms with E-state index in [-0.39, 0.29) is 12.0 Å². The van der Waals surface area contributed by atoms with Crippen LogP contribution in [-0.2, 0) is 9.59 Å². The molecule has 11 heavy (non-hydrogen) atoms. The number of carbonyl (C=O) groups excluding carboxylic acids is 2. The second-order valence-corrected chi connectivity index (χ2v) is 1.73. The molecule has 0 aliphatic carbocycles. The summed E-state index contributed by atoms with van der Waals surface area (Å²) in [5.41, 5.74) is 0. The number of hydrogen-bond donors (Lipinski definition) is 0. The third-order valence-corrected chi connectivity index (χ3v) is 0.949. The zero-order chi connectivity index (χ0) is 8.10. The molecular weight excluding hydrogens is 146 g/mol. The third-order valence-electron chi connectivity index (χ3n) is 0.949. The first-order valence-electron chi connectivity index (χ1n) is 2.90. The molecule has 1 aromatic rings. The highest BCUT2D eigenvalue weighted by Crippen LogP contribution is 2.04. The Morgan fingerprint density at radius 3 is 3.00 bits per heavy atom. The molecule has 0 spiro atoms. The van der Waals surface area contributed by atoms with Crippen LogP contribution in [0.25, 0.3) is 0 Å². The van der Waals surface area contributed by atoms with Gasteiger partial charge in [0.15, 0.2) is 0 Å². The fraction of sp³-hybridized carbons (Fsp3) is 0. The van der Waals surface area contributed by atoms with Crippen molar-refractivity contribution < 1.29 is 14.3 Å². The van der Waals surface area contributed by atoms with Crippen LogP contribution in [0.3, 0.4) is 0 Å². The minimum Gasteiger partial charge on any atom is -0.419 e. The Kier molecular flexibility index (Phi) is 2.32. The molecule has 0 N–H and O–H groups in total. The predicted molar refractivity (Wildman–Crippen MR) is 35.9 cm³/mol. The van der Waals surface area contributed by atoms with Gasteiger partial charge in [0.05, 0.1) is 6.20 Å². The lowest BCUT2D eigenvalue weighted by Crippen LogP contribution is -2.08. The van der Waals surface area contributed by atoms with Gasteiger partial charge in [-0.1, -0.05) is 0 Å². The molecule has 0 radical (unpaired) electrons. The maximum Gasteiger partial charge on any atom is 0.376 e. The van der Waals surface area contributed by atoms with Gasteiger partial charge in [-0.2, -0.15) is 0 Å². The lowest BCUT2D eigenvalue weighted by Gasteiger charge is -1.95. The van der Waals surface area contributed by atoms with Crippen molar-refractivity contribution in [1.82, 2.24) is 4.98 Å². The van der Waals surface area contributed by atoms with Crippen LogP contribution in [0.15, 0.2) is 24.5 Å². The van der Waals surface area contributed by atoms with E-state index in [0.29, 0.717) is 0 Å². The minimum atomic E-state index is -0.919. The summed E-state index contributed by atoms with van der Waals surface area (Å²) in [5, 5.41) is 0. The second-order valence-electron chi connectivity index (χ2n) is 1.73. The van der Waals surface area contributed by atoms with Crippen molar-refractivity contribution >= 4 is 12.3 Å². The first kappa shape index (κ1) is 7.40. The van der Waals surface area contributed by atoms with E-state index < -0.39 is 5.97 Å². The molecule has 4 nitrogen and oxygen atoms in total. The van der Waals surface area contributed by atoms with Gasteiger partial charge in [-0.05, 0) is 12.1 Å². The molecule has 1 aromatic heterocycles. The van der Waals surface area contributed by atoms with Crippen molar-refractivity contribution in [3.63, 3.8) is 0 Å². The smallest absolute Gasteiger partial charge is 0.376 e. The van der Waals surface area contributed by atoms with E-state index in [2.05, 4.69) is 9.72 Å². The number of carbonyl (C=O) groups is 2. The number of pyridine rings is 1. The van der Waals surface area contributed by atoms with Gasteiger partial charge in [0.25, 0.3) is 0 Å². The Morgan fingerprint density at radius 2 is 2.45 bits per heavy atom. The molecule has 0 fully saturated rings. The van der Waals surface area contributed by atoms with Crippen LogP contribution >= 0.6 is 0 Å². The Labute approximate surface area is 62.8 Å². The Balaban J connectivity index is 2.65. The van der Waals surface area contributed by atoms with Crippen LogP contribution in [0.5, 0.6) is 5.75 Å². The monoisotopic (exact) mass is 151 g/mol. The highest BCUT2D eigenvalue weighted by molar-refractivity contribution is 6.21. The fourth-order valence-corrected chi connectivity index (χ4v) is 0.548. The van der Waals surface area contributed by atoms with Crippen LogP contribution in [0.1, 0.15) is 0 Å². The molecule has 0 aromatic carbocycles. The second kappa shape index (κ2) is 3.46. The summed E-state index contributed by atoms with van der Waals surface area (Å²) in [6, 6.07) is 3.14. The van der Waals surface area contributed by atoms with E-state index in [4.69, 9.17) is 0 Å². The van der Waals surface area contributed by atoms with Crippen molar-refractivity contribution in [3.8, 4) is 5.75 Å². The maximum absolute atomic E-state index is 10.4. The molecule has 0 amide bonds. The van der Waals surface area contributed by atoms with Gasteiger partial charge < -0.3 is 4.74 Å². The van der Waals surface area contributed by atoms with Crippen LogP contribution in [0.2, 0.25) is 0 Å². The topological polar surface area (TPSA) is 56.3 Å². The van der Waals surface area contributed by atoms with Gasteiger partial charge in [-0.3, -0.25) is 9.78 Å². The molecule has 0 aliphatic heterocycles. The molecule has 0 atom stereocenters. The van der Waals surface area contributed by atoms with Gasteiger partial charge >= 0.3 is 5.97 Å². The lowest BCUT2D eigenvalue weighted by molar-refractivity contribution is -0.141. The van der Waals surface area contributed by atoms with E-state index in [9.17, 15) is 9.59 Å². The summed E-state index contributed by atoms with van der Waals surface area (Å²) in [7, 11) is 0. The van der Waals surface area contributed by atoms with E-state index in [1.807, 2.05) is 0 Å². The van der Waals surface area contributed by atoms with Gasteiger partial charge in [0, 0.05) is 6.20 Å². The van der Waals surface area contributed by atoms with Crippen LogP contribution in [0, 0.1) is 0 Å². The first-order chi connectivity index (χ1) is 5.33. The molecule has 0 aliphatic rings. The summed E-state index contributed by atoms with van der Waals surface area (Å²) < 4.78 is 4.49. The number of rotatable bonds is 2. The zero-order valence-corrected chi connectivity index (χ0v) is 5.56. The molecule has 56 valence electrons. The number of aromatic nitrogens is 1. The summed E-state index contributed by atoms with van der Waals surface area (Å²) in [4.78, 5) is 23.9. The van der Waals surface area contributed by atoms with Gasteiger partial charge in [0.1, 0.15) is 5.75 Å². The number of aldehydes is 1. The summed E-state index contributed by atoms with van der Waals surface area (Å²) in [5.74, 6) is -0.650. The summed E-state index contributed by atoms with van der Waals surface area (Å²) in [6.07, 6.45) is 2.99. The molecule has 1 rings (SSSR count). The number of hydrogen-bond acceptors (Lipinski definition) is 4. The molecular formula is C7H5NO3. The molecule has 0 bridgehead atoms. The van der Waals surface area contributed by atoms with E-state index in [0.717, 1.165) is 0 Å². The van der Waals surface area contributed by atoms with Crippen LogP contribution < -0.4 is 4.74 Å². The fourth-order valence-electron chi connectivity index (χ4n) is 0.548. The third kappa shape index (κ3) is 2.17. The van der Waals surface area contributed by atoms with E-state index >= 15 is 0 Å². The zero-order valence-electron chi connectivity index (χ0n) is 5.56. The quantitative estimate of drug-likeness (QED) is 0.344.